The third-order valence-corrected chi connectivity index (χ3v) is 3.47. The van der Waals surface area contributed by atoms with E-state index in [9.17, 15) is 22.4 Å². The van der Waals surface area contributed by atoms with Crippen molar-refractivity contribution in [2.45, 2.75) is 12.7 Å². The molecule has 0 N–H and O–H groups in total. The van der Waals surface area contributed by atoms with Gasteiger partial charge in [-0.1, -0.05) is 18.2 Å². The van der Waals surface area contributed by atoms with Crippen LogP contribution in [-0.4, -0.2) is 25.0 Å². The number of hydrogen-bond donors (Lipinski definition) is 0. The average molecular weight is 341 g/mol. The number of halogens is 4. The molecule has 0 aliphatic heterocycles. The van der Waals surface area contributed by atoms with Crippen molar-refractivity contribution < 1.29 is 27.1 Å². The van der Waals surface area contributed by atoms with E-state index in [1.807, 2.05) is 0 Å². The van der Waals surface area contributed by atoms with Crippen LogP contribution >= 0.6 is 0 Å². The van der Waals surface area contributed by atoms with Crippen molar-refractivity contribution >= 4 is 5.91 Å². The molecular weight excluding hydrogens is 326 g/mol. The van der Waals surface area contributed by atoms with Gasteiger partial charge in [0.05, 0.1) is 18.2 Å². The Hall–Kier alpha value is -2.57. The predicted molar refractivity (Wildman–Crippen MR) is 80.2 cm³/mol. The number of hydrogen-bond acceptors (Lipinski definition) is 2. The molecule has 0 fully saturated rings. The largest absolute Gasteiger partial charge is 0.496 e. The summed E-state index contributed by atoms with van der Waals surface area (Å²) in [5.41, 5.74) is -0.906. The van der Waals surface area contributed by atoms with E-state index in [4.69, 9.17) is 4.74 Å². The standard InChI is InChI=1S/C17H15F4NO2/c1-22(10-11-5-3-4-6-14(11)17(19,20)21)16(23)13-9-12(18)7-8-15(13)24-2/h3-9H,10H2,1-2H3. The summed E-state index contributed by atoms with van der Waals surface area (Å²) in [5.74, 6) is -1.12. The number of methoxy groups -OCH3 is 1. The quantitative estimate of drug-likeness (QED) is 0.783. The summed E-state index contributed by atoms with van der Waals surface area (Å²) in [6.07, 6.45) is -4.52. The Morgan fingerprint density at radius 3 is 2.46 bits per heavy atom. The molecule has 2 rings (SSSR count). The highest BCUT2D eigenvalue weighted by molar-refractivity contribution is 5.96. The molecule has 0 atom stereocenters. The Kier molecular flexibility index (Phi) is 5.11. The number of ether oxygens (including phenoxy) is 1. The molecule has 0 saturated heterocycles. The van der Waals surface area contributed by atoms with E-state index < -0.39 is 23.5 Å². The molecule has 0 aliphatic rings. The highest BCUT2D eigenvalue weighted by Gasteiger charge is 2.33. The Balaban J connectivity index is 2.30. The Bertz CT molecular complexity index is 744. The second-order valence-electron chi connectivity index (χ2n) is 5.16. The van der Waals surface area contributed by atoms with Crippen molar-refractivity contribution in [1.29, 1.82) is 0 Å². The number of nitrogens with zero attached hydrogens (tertiary/aromatic N) is 1. The molecule has 24 heavy (non-hydrogen) atoms. The summed E-state index contributed by atoms with van der Waals surface area (Å²) in [4.78, 5) is 13.5. The third-order valence-electron chi connectivity index (χ3n) is 3.47. The van der Waals surface area contributed by atoms with Crippen LogP contribution in [0.15, 0.2) is 42.5 Å². The molecule has 0 aliphatic carbocycles. The van der Waals surface area contributed by atoms with Crippen molar-refractivity contribution in [2.24, 2.45) is 0 Å². The molecule has 0 saturated carbocycles. The first-order chi connectivity index (χ1) is 11.2. The lowest BCUT2D eigenvalue weighted by molar-refractivity contribution is -0.138. The molecule has 0 bridgehead atoms. The van der Waals surface area contributed by atoms with Gasteiger partial charge in [0, 0.05) is 13.6 Å². The van der Waals surface area contributed by atoms with Gasteiger partial charge in [0.1, 0.15) is 11.6 Å². The van der Waals surface area contributed by atoms with E-state index >= 15 is 0 Å². The van der Waals surface area contributed by atoms with Crippen molar-refractivity contribution in [3.05, 3.63) is 65.0 Å². The van der Waals surface area contributed by atoms with Crippen LogP contribution in [0.3, 0.4) is 0 Å². The summed E-state index contributed by atoms with van der Waals surface area (Å²) in [6.45, 7) is -0.270. The fourth-order valence-electron chi connectivity index (χ4n) is 2.32. The van der Waals surface area contributed by atoms with Crippen LogP contribution < -0.4 is 4.74 Å². The maximum Gasteiger partial charge on any atom is 0.416 e. The smallest absolute Gasteiger partial charge is 0.416 e. The van der Waals surface area contributed by atoms with Gasteiger partial charge < -0.3 is 9.64 Å². The normalized spacial score (nSPS) is 11.2. The molecule has 7 heteroatoms. The molecule has 0 radical (unpaired) electrons. The van der Waals surface area contributed by atoms with E-state index in [2.05, 4.69) is 0 Å². The third kappa shape index (κ3) is 3.84. The second kappa shape index (κ2) is 6.90. The van der Waals surface area contributed by atoms with Crippen LogP contribution in [-0.2, 0) is 12.7 Å². The summed E-state index contributed by atoms with van der Waals surface area (Å²) in [6, 6.07) is 8.42. The first-order valence-corrected chi connectivity index (χ1v) is 6.98. The summed E-state index contributed by atoms with van der Waals surface area (Å²) in [5, 5.41) is 0. The molecule has 2 aromatic carbocycles. The fraction of sp³-hybridized carbons (Fsp3) is 0.235. The molecule has 0 heterocycles. The first kappa shape index (κ1) is 17.8. The van der Waals surface area contributed by atoms with Crippen molar-refractivity contribution in [3.8, 4) is 5.75 Å². The van der Waals surface area contributed by atoms with Crippen LogP contribution in [0.1, 0.15) is 21.5 Å². The zero-order chi connectivity index (χ0) is 17.9. The molecule has 1 amide bonds. The van der Waals surface area contributed by atoms with Crippen LogP contribution in [0.25, 0.3) is 0 Å². The molecule has 0 aromatic heterocycles. The average Bonchev–Trinajstić information content (AvgIpc) is 2.53. The summed E-state index contributed by atoms with van der Waals surface area (Å²) < 4.78 is 57.4. The molecular formula is C17H15F4NO2. The monoisotopic (exact) mass is 341 g/mol. The number of carbonyl (C=O) groups excluding carboxylic acids is 1. The summed E-state index contributed by atoms with van der Waals surface area (Å²) in [7, 11) is 2.67. The molecule has 0 unspecified atom stereocenters. The van der Waals surface area contributed by atoms with Crippen LogP contribution in [0.2, 0.25) is 0 Å². The molecule has 0 spiro atoms. The van der Waals surface area contributed by atoms with Gasteiger partial charge in [0.2, 0.25) is 0 Å². The number of alkyl halides is 3. The molecule has 128 valence electrons. The van der Waals surface area contributed by atoms with Crippen molar-refractivity contribution in [2.75, 3.05) is 14.2 Å². The van der Waals surface area contributed by atoms with Crippen LogP contribution in [0.5, 0.6) is 5.75 Å². The van der Waals surface area contributed by atoms with Crippen molar-refractivity contribution in [3.63, 3.8) is 0 Å². The van der Waals surface area contributed by atoms with Gasteiger partial charge in [0.25, 0.3) is 5.91 Å². The zero-order valence-corrected chi connectivity index (χ0v) is 13.0. The lowest BCUT2D eigenvalue weighted by atomic mass is 10.1. The topological polar surface area (TPSA) is 29.5 Å². The highest BCUT2D eigenvalue weighted by Crippen LogP contribution is 2.32. The van der Waals surface area contributed by atoms with Gasteiger partial charge in [-0.3, -0.25) is 4.79 Å². The minimum absolute atomic E-state index is 0.0452. The maximum atomic E-state index is 13.4. The van der Waals surface area contributed by atoms with E-state index in [0.29, 0.717) is 0 Å². The molecule has 3 nitrogen and oxygen atoms in total. The Morgan fingerprint density at radius 1 is 1.17 bits per heavy atom. The van der Waals surface area contributed by atoms with E-state index in [0.717, 1.165) is 23.1 Å². The van der Waals surface area contributed by atoms with Crippen LogP contribution in [0, 0.1) is 5.82 Å². The summed E-state index contributed by atoms with van der Waals surface area (Å²) >= 11 is 0. The second-order valence-corrected chi connectivity index (χ2v) is 5.16. The SMILES string of the molecule is COc1ccc(F)cc1C(=O)N(C)Cc1ccccc1C(F)(F)F. The van der Waals surface area contributed by atoms with Gasteiger partial charge in [0.15, 0.2) is 0 Å². The minimum atomic E-state index is -4.52. The van der Waals surface area contributed by atoms with Gasteiger partial charge in [-0.15, -0.1) is 0 Å². The van der Waals surface area contributed by atoms with Crippen molar-refractivity contribution in [1.82, 2.24) is 4.90 Å². The Morgan fingerprint density at radius 2 is 1.83 bits per heavy atom. The number of benzene rings is 2. The van der Waals surface area contributed by atoms with Gasteiger partial charge in [-0.05, 0) is 29.8 Å². The van der Waals surface area contributed by atoms with E-state index in [-0.39, 0.29) is 23.4 Å². The number of carbonyl (C=O) groups is 1. The van der Waals surface area contributed by atoms with Gasteiger partial charge >= 0.3 is 6.18 Å². The van der Waals surface area contributed by atoms with E-state index in [1.54, 1.807) is 0 Å². The Labute approximate surface area is 136 Å². The minimum Gasteiger partial charge on any atom is -0.496 e. The highest BCUT2D eigenvalue weighted by atomic mass is 19.4. The molecule has 2 aromatic rings. The zero-order valence-electron chi connectivity index (χ0n) is 13.0. The maximum absolute atomic E-state index is 13.4. The van der Waals surface area contributed by atoms with E-state index in [1.165, 1.54) is 38.4 Å². The number of amides is 1. The van der Waals surface area contributed by atoms with Gasteiger partial charge in [-0.25, -0.2) is 4.39 Å². The number of rotatable bonds is 4. The first-order valence-electron chi connectivity index (χ1n) is 6.98. The lowest BCUT2D eigenvalue weighted by Gasteiger charge is -2.21. The lowest BCUT2D eigenvalue weighted by Crippen LogP contribution is -2.28. The van der Waals surface area contributed by atoms with Crippen LogP contribution in [0.4, 0.5) is 17.6 Å². The van der Waals surface area contributed by atoms with Gasteiger partial charge in [-0.2, -0.15) is 13.2 Å². The predicted octanol–water partition coefficient (Wildman–Crippen LogP) is 4.13. The fourth-order valence-corrected chi connectivity index (χ4v) is 2.32.